The van der Waals surface area contributed by atoms with Gasteiger partial charge in [-0.05, 0) is 12.3 Å². The monoisotopic (exact) mass is 262 g/mol. The zero-order valence-electron chi connectivity index (χ0n) is 10.3. The van der Waals surface area contributed by atoms with Crippen molar-refractivity contribution in [1.82, 2.24) is 5.01 Å². The van der Waals surface area contributed by atoms with Crippen LogP contribution in [0.4, 0.5) is 8.78 Å². The van der Waals surface area contributed by atoms with Crippen molar-refractivity contribution in [2.24, 2.45) is 22.5 Å². The molecule has 0 aromatic rings. The summed E-state index contributed by atoms with van der Waals surface area (Å²) in [6, 6.07) is 0. The molecule has 0 heterocycles. The van der Waals surface area contributed by atoms with E-state index >= 15 is 0 Å². The van der Waals surface area contributed by atoms with Gasteiger partial charge in [0.2, 0.25) is 5.92 Å². The topological polar surface area (TPSA) is 76.9 Å². The molecule has 18 heavy (non-hydrogen) atoms. The lowest BCUT2D eigenvalue weighted by Gasteiger charge is -2.17. The van der Waals surface area contributed by atoms with Crippen LogP contribution >= 0.6 is 0 Å². The first-order valence-electron chi connectivity index (χ1n) is 5.84. The zero-order chi connectivity index (χ0) is 13.6. The van der Waals surface area contributed by atoms with Crippen LogP contribution in [-0.2, 0) is 4.74 Å². The van der Waals surface area contributed by atoms with E-state index in [4.69, 9.17) is 16.3 Å². The minimum absolute atomic E-state index is 0.0551. The standard InChI is InChI=1S/C11H20F2N4O/c1-2-17(15)10(16-8-14)7-18-6-9-3-4-11(12,13)5-9/h2,9H,1,3-8,14-15H2. The van der Waals surface area contributed by atoms with Gasteiger partial charge in [0.15, 0.2) is 0 Å². The van der Waals surface area contributed by atoms with E-state index in [1.165, 1.54) is 11.2 Å². The average Bonchev–Trinajstić information content (AvgIpc) is 2.67. The van der Waals surface area contributed by atoms with Gasteiger partial charge in [-0.15, -0.1) is 0 Å². The Bertz CT molecular complexity index is 309. The summed E-state index contributed by atoms with van der Waals surface area (Å²) in [7, 11) is 0. The SMILES string of the molecule is C=CN(N)C(COCC1CCC(F)(F)C1)=NCN. The molecule has 5 nitrogen and oxygen atoms in total. The minimum Gasteiger partial charge on any atom is -0.373 e. The normalized spacial score (nSPS) is 23.1. The Hall–Kier alpha value is -1.05. The number of nitrogens with two attached hydrogens (primary N) is 2. The Morgan fingerprint density at radius 2 is 2.33 bits per heavy atom. The van der Waals surface area contributed by atoms with Crippen LogP contribution in [0.2, 0.25) is 0 Å². The Balaban J connectivity index is 2.32. The molecule has 0 saturated heterocycles. The summed E-state index contributed by atoms with van der Waals surface area (Å²) in [6.07, 6.45) is 1.70. The van der Waals surface area contributed by atoms with E-state index in [9.17, 15) is 8.78 Å². The maximum atomic E-state index is 12.9. The fourth-order valence-electron chi connectivity index (χ4n) is 1.91. The number of halogens is 2. The minimum atomic E-state index is -2.54. The molecular formula is C11H20F2N4O. The number of alkyl halides is 2. The quantitative estimate of drug-likeness (QED) is 0.325. The molecule has 0 spiro atoms. The number of aliphatic imine (C=N–C) groups is 1. The first kappa shape index (κ1) is 15.0. The summed E-state index contributed by atoms with van der Waals surface area (Å²) in [6.45, 7) is 4.00. The Labute approximate surface area is 105 Å². The molecule has 4 N–H and O–H groups in total. The van der Waals surface area contributed by atoms with Crippen molar-refractivity contribution in [3.05, 3.63) is 12.8 Å². The smallest absolute Gasteiger partial charge is 0.248 e. The molecule has 1 saturated carbocycles. The van der Waals surface area contributed by atoms with Crippen LogP contribution in [0.15, 0.2) is 17.8 Å². The van der Waals surface area contributed by atoms with E-state index in [-0.39, 0.29) is 38.6 Å². The molecular weight excluding hydrogens is 242 g/mol. The third-order valence-electron chi connectivity index (χ3n) is 2.86. The number of nitrogens with zero attached hydrogens (tertiary/aromatic N) is 2. The van der Waals surface area contributed by atoms with Crippen molar-refractivity contribution in [1.29, 1.82) is 0 Å². The fraction of sp³-hybridized carbons (Fsp3) is 0.727. The van der Waals surface area contributed by atoms with Gasteiger partial charge < -0.3 is 10.5 Å². The van der Waals surface area contributed by atoms with E-state index in [0.29, 0.717) is 12.3 Å². The van der Waals surface area contributed by atoms with Gasteiger partial charge in [-0.25, -0.2) is 14.6 Å². The summed E-state index contributed by atoms with van der Waals surface area (Å²) >= 11 is 0. The molecule has 1 fully saturated rings. The van der Waals surface area contributed by atoms with Gasteiger partial charge in [0.25, 0.3) is 0 Å². The Morgan fingerprint density at radius 3 is 2.83 bits per heavy atom. The maximum Gasteiger partial charge on any atom is 0.248 e. The van der Waals surface area contributed by atoms with Gasteiger partial charge in [-0.1, -0.05) is 6.58 Å². The van der Waals surface area contributed by atoms with Crippen LogP contribution < -0.4 is 11.6 Å². The Kier molecular flexibility index (Phi) is 5.64. The molecule has 1 rings (SSSR count). The molecule has 7 heteroatoms. The molecule has 0 aliphatic heterocycles. The highest BCUT2D eigenvalue weighted by Crippen LogP contribution is 2.38. The van der Waals surface area contributed by atoms with Gasteiger partial charge in [0, 0.05) is 19.0 Å². The summed E-state index contributed by atoms with van der Waals surface area (Å²) in [5.74, 6) is 3.36. The van der Waals surface area contributed by atoms with Crippen LogP contribution in [-0.4, -0.2) is 36.6 Å². The van der Waals surface area contributed by atoms with E-state index in [0.717, 1.165) is 0 Å². The molecule has 1 atom stereocenters. The van der Waals surface area contributed by atoms with E-state index < -0.39 is 5.92 Å². The lowest BCUT2D eigenvalue weighted by molar-refractivity contribution is -0.0000810. The highest BCUT2D eigenvalue weighted by atomic mass is 19.3. The predicted octanol–water partition coefficient (Wildman–Crippen LogP) is 1.07. The van der Waals surface area contributed by atoms with Gasteiger partial charge in [0.1, 0.15) is 12.4 Å². The second kappa shape index (κ2) is 6.77. The van der Waals surface area contributed by atoms with Gasteiger partial charge in [0.05, 0.1) is 13.3 Å². The number of hydrogen-bond acceptors (Lipinski definition) is 4. The molecule has 1 aliphatic carbocycles. The van der Waals surface area contributed by atoms with Crippen molar-refractivity contribution >= 4 is 5.84 Å². The van der Waals surface area contributed by atoms with E-state index in [1.54, 1.807) is 0 Å². The maximum absolute atomic E-state index is 12.9. The van der Waals surface area contributed by atoms with Crippen molar-refractivity contribution < 1.29 is 13.5 Å². The van der Waals surface area contributed by atoms with Crippen LogP contribution in [0, 0.1) is 5.92 Å². The molecule has 0 radical (unpaired) electrons. The van der Waals surface area contributed by atoms with Crippen LogP contribution in [0.3, 0.4) is 0 Å². The van der Waals surface area contributed by atoms with Crippen LogP contribution in [0.25, 0.3) is 0 Å². The number of rotatable bonds is 6. The van der Waals surface area contributed by atoms with E-state index in [2.05, 4.69) is 11.6 Å². The number of amidine groups is 1. The molecule has 0 amide bonds. The second-order valence-corrected chi connectivity index (χ2v) is 4.33. The number of hydrazine groups is 1. The number of hydrogen-bond donors (Lipinski definition) is 2. The summed E-state index contributed by atoms with van der Waals surface area (Å²) in [5.41, 5.74) is 5.29. The highest BCUT2D eigenvalue weighted by Gasteiger charge is 2.39. The molecule has 0 aromatic heterocycles. The largest absolute Gasteiger partial charge is 0.373 e. The predicted molar refractivity (Wildman–Crippen MR) is 65.8 cm³/mol. The van der Waals surface area contributed by atoms with Crippen molar-refractivity contribution in [3.8, 4) is 0 Å². The third kappa shape index (κ3) is 4.67. The highest BCUT2D eigenvalue weighted by molar-refractivity contribution is 5.83. The van der Waals surface area contributed by atoms with E-state index in [1.807, 2.05) is 0 Å². The second-order valence-electron chi connectivity index (χ2n) is 4.33. The van der Waals surface area contributed by atoms with Gasteiger partial charge >= 0.3 is 0 Å². The first-order chi connectivity index (χ1) is 8.48. The molecule has 0 aromatic carbocycles. The fourth-order valence-corrected chi connectivity index (χ4v) is 1.91. The molecule has 1 unspecified atom stereocenters. The Morgan fingerprint density at radius 1 is 1.61 bits per heavy atom. The van der Waals surface area contributed by atoms with Crippen molar-refractivity contribution in [2.75, 3.05) is 19.9 Å². The summed E-state index contributed by atoms with van der Waals surface area (Å²) in [5, 5.41) is 1.20. The zero-order valence-corrected chi connectivity index (χ0v) is 10.3. The average molecular weight is 262 g/mol. The van der Waals surface area contributed by atoms with Crippen molar-refractivity contribution in [3.63, 3.8) is 0 Å². The molecule has 1 aliphatic rings. The molecule has 0 bridgehead atoms. The summed E-state index contributed by atoms with van der Waals surface area (Å²) in [4.78, 5) is 3.94. The van der Waals surface area contributed by atoms with Gasteiger partial charge in [-0.2, -0.15) is 0 Å². The third-order valence-corrected chi connectivity index (χ3v) is 2.86. The lowest BCUT2D eigenvalue weighted by atomic mass is 10.1. The lowest BCUT2D eigenvalue weighted by Crippen LogP contribution is -2.36. The van der Waals surface area contributed by atoms with Gasteiger partial charge in [-0.3, -0.25) is 10.0 Å². The molecule has 104 valence electrons. The first-order valence-corrected chi connectivity index (χ1v) is 5.84. The summed E-state index contributed by atoms with van der Waals surface area (Å²) < 4.78 is 31.3. The van der Waals surface area contributed by atoms with Crippen LogP contribution in [0.5, 0.6) is 0 Å². The van der Waals surface area contributed by atoms with Crippen molar-refractivity contribution in [2.45, 2.75) is 25.2 Å². The number of ether oxygens (including phenoxy) is 1. The van der Waals surface area contributed by atoms with Crippen LogP contribution in [0.1, 0.15) is 19.3 Å².